The molecule has 1 saturated heterocycles. The Hall–Kier alpha value is -3.20. The highest BCUT2D eigenvalue weighted by Crippen LogP contribution is 2.24. The van der Waals surface area contributed by atoms with Gasteiger partial charge in [-0.05, 0) is 63.1 Å². The lowest BCUT2D eigenvalue weighted by Gasteiger charge is -2.31. The third kappa shape index (κ3) is 4.83. The van der Waals surface area contributed by atoms with Gasteiger partial charge in [0.2, 0.25) is 15.7 Å². The normalized spacial score (nSPS) is 15.0. The van der Waals surface area contributed by atoms with E-state index in [1.807, 2.05) is 30.9 Å². The third-order valence-corrected chi connectivity index (χ3v) is 7.32. The van der Waals surface area contributed by atoms with Crippen molar-refractivity contribution in [2.24, 2.45) is 5.92 Å². The first-order chi connectivity index (χ1) is 15.3. The Morgan fingerprint density at radius 3 is 2.34 bits per heavy atom. The second-order valence-electron chi connectivity index (χ2n) is 8.04. The number of benzene rings is 1. The van der Waals surface area contributed by atoms with Gasteiger partial charge in [-0.1, -0.05) is 17.7 Å². The van der Waals surface area contributed by atoms with Crippen LogP contribution < -0.4 is 10.2 Å². The molecule has 9 heteroatoms. The first-order valence-electron chi connectivity index (χ1n) is 10.6. The zero-order valence-corrected chi connectivity index (χ0v) is 18.9. The van der Waals surface area contributed by atoms with E-state index in [9.17, 15) is 13.2 Å². The van der Waals surface area contributed by atoms with Gasteiger partial charge in [0.05, 0.1) is 11.4 Å². The molecule has 0 aliphatic carbocycles. The van der Waals surface area contributed by atoms with Crippen LogP contribution >= 0.6 is 0 Å². The summed E-state index contributed by atoms with van der Waals surface area (Å²) in [4.78, 5) is 14.7. The summed E-state index contributed by atoms with van der Waals surface area (Å²) in [7, 11) is -3.70. The summed E-state index contributed by atoms with van der Waals surface area (Å²) in [6.07, 6.45) is 1.38. The number of aryl methyl sites for hydroxylation is 2. The molecule has 3 aromatic rings. The standard InChI is InChI=1S/C23H26N4O4S/c1-16-3-7-20(8-4-16)32(29,30)22-10-9-21(25-26-22)27-13-11-18(12-14-27)23(28)24-15-19-6-5-17(2)31-19/h3-10,18H,11-15H2,1-2H3,(H,24,28). The predicted molar refractivity (Wildman–Crippen MR) is 119 cm³/mol. The van der Waals surface area contributed by atoms with Crippen LogP contribution in [0.15, 0.2) is 62.9 Å². The van der Waals surface area contributed by atoms with E-state index in [-0.39, 0.29) is 21.7 Å². The van der Waals surface area contributed by atoms with Gasteiger partial charge < -0.3 is 14.6 Å². The zero-order chi connectivity index (χ0) is 22.7. The van der Waals surface area contributed by atoms with E-state index in [4.69, 9.17) is 4.42 Å². The van der Waals surface area contributed by atoms with Gasteiger partial charge in [0.25, 0.3) is 0 Å². The summed E-state index contributed by atoms with van der Waals surface area (Å²) < 4.78 is 31.0. The highest BCUT2D eigenvalue weighted by molar-refractivity contribution is 7.91. The molecule has 1 amide bonds. The van der Waals surface area contributed by atoms with Crippen LogP contribution in [-0.2, 0) is 21.2 Å². The van der Waals surface area contributed by atoms with Crippen molar-refractivity contribution < 1.29 is 17.6 Å². The number of rotatable bonds is 6. The van der Waals surface area contributed by atoms with Gasteiger partial charge in [0.1, 0.15) is 11.5 Å². The fourth-order valence-electron chi connectivity index (χ4n) is 3.73. The van der Waals surface area contributed by atoms with Crippen LogP contribution in [-0.4, -0.2) is 37.6 Å². The molecule has 2 aromatic heterocycles. The second kappa shape index (κ2) is 9.12. The smallest absolute Gasteiger partial charge is 0.225 e. The van der Waals surface area contributed by atoms with E-state index in [0.717, 1.165) is 17.1 Å². The molecular weight excluding hydrogens is 428 g/mol. The number of anilines is 1. The fourth-order valence-corrected chi connectivity index (χ4v) is 4.86. The molecule has 4 rings (SSSR count). The maximum Gasteiger partial charge on any atom is 0.225 e. The SMILES string of the molecule is Cc1ccc(S(=O)(=O)c2ccc(N3CCC(C(=O)NCc4ccc(C)o4)CC3)nn2)cc1. The number of hydrogen-bond donors (Lipinski definition) is 1. The summed E-state index contributed by atoms with van der Waals surface area (Å²) in [6, 6.07) is 13.6. The van der Waals surface area contributed by atoms with E-state index in [0.29, 0.717) is 38.3 Å². The van der Waals surface area contributed by atoms with Crippen molar-refractivity contribution >= 4 is 21.6 Å². The third-order valence-electron chi connectivity index (χ3n) is 5.66. The minimum absolute atomic E-state index is 0.0179. The van der Waals surface area contributed by atoms with Crippen LogP contribution in [0.4, 0.5) is 5.82 Å². The first-order valence-corrected chi connectivity index (χ1v) is 12.0. The first kappa shape index (κ1) is 22.0. The van der Waals surface area contributed by atoms with Gasteiger partial charge >= 0.3 is 0 Å². The minimum atomic E-state index is -3.70. The average Bonchev–Trinajstić information content (AvgIpc) is 3.23. The molecule has 32 heavy (non-hydrogen) atoms. The topological polar surface area (TPSA) is 105 Å². The number of hydrogen-bond acceptors (Lipinski definition) is 7. The van der Waals surface area contributed by atoms with Crippen molar-refractivity contribution in [2.75, 3.05) is 18.0 Å². The number of sulfone groups is 1. The highest BCUT2D eigenvalue weighted by atomic mass is 32.2. The van der Waals surface area contributed by atoms with Gasteiger partial charge in [-0.3, -0.25) is 4.79 Å². The molecule has 1 aromatic carbocycles. The van der Waals surface area contributed by atoms with Gasteiger partial charge in [-0.2, -0.15) is 0 Å². The van der Waals surface area contributed by atoms with Crippen LogP contribution in [0.25, 0.3) is 0 Å². The molecule has 1 aliphatic heterocycles. The molecule has 8 nitrogen and oxygen atoms in total. The Labute approximate surface area is 187 Å². The Bertz CT molecular complexity index is 1180. The van der Waals surface area contributed by atoms with E-state index in [2.05, 4.69) is 15.5 Å². The molecule has 0 unspecified atom stereocenters. The summed E-state index contributed by atoms with van der Waals surface area (Å²) >= 11 is 0. The largest absolute Gasteiger partial charge is 0.465 e. The number of furan rings is 1. The number of carbonyl (C=O) groups is 1. The van der Waals surface area contributed by atoms with Crippen LogP contribution in [0.5, 0.6) is 0 Å². The number of nitrogens with one attached hydrogen (secondary N) is 1. The Kier molecular flexibility index (Phi) is 6.27. The van der Waals surface area contributed by atoms with E-state index < -0.39 is 9.84 Å². The summed E-state index contributed by atoms with van der Waals surface area (Å²) in [6.45, 7) is 5.45. The molecular formula is C23H26N4O4S. The minimum Gasteiger partial charge on any atom is -0.465 e. The number of piperidine rings is 1. The Morgan fingerprint density at radius 1 is 1.03 bits per heavy atom. The number of aromatic nitrogens is 2. The fraction of sp³-hybridized carbons (Fsp3) is 0.348. The molecule has 0 radical (unpaired) electrons. The molecule has 1 fully saturated rings. The zero-order valence-electron chi connectivity index (χ0n) is 18.1. The van der Waals surface area contributed by atoms with Crippen molar-refractivity contribution in [3.63, 3.8) is 0 Å². The molecule has 0 atom stereocenters. The summed E-state index contributed by atoms with van der Waals surface area (Å²) in [5, 5.41) is 11.0. The monoisotopic (exact) mass is 454 g/mol. The Balaban J connectivity index is 1.33. The molecule has 1 aliphatic rings. The van der Waals surface area contributed by atoms with Gasteiger partial charge in [0, 0.05) is 19.0 Å². The molecule has 0 saturated carbocycles. The molecule has 168 valence electrons. The van der Waals surface area contributed by atoms with Crippen molar-refractivity contribution in [1.29, 1.82) is 0 Å². The van der Waals surface area contributed by atoms with Crippen LogP contribution in [0.2, 0.25) is 0 Å². The average molecular weight is 455 g/mol. The van der Waals surface area contributed by atoms with Crippen LogP contribution in [0, 0.1) is 19.8 Å². The lowest BCUT2D eigenvalue weighted by molar-refractivity contribution is -0.125. The van der Waals surface area contributed by atoms with Gasteiger partial charge in [-0.25, -0.2) is 8.42 Å². The van der Waals surface area contributed by atoms with Gasteiger partial charge in [0.15, 0.2) is 10.8 Å². The maximum atomic E-state index is 12.7. The molecule has 0 bridgehead atoms. The van der Waals surface area contributed by atoms with Crippen molar-refractivity contribution in [1.82, 2.24) is 15.5 Å². The molecule has 3 heterocycles. The summed E-state index contributed by atoms with van der Waals surface area (Å²) in [5.74, 6) is 2.11. The van der Waals surface area contributed by atoms with Crippen LogP contribution in [0.1, 0.15) is 29.9 Å². The van der Waals surface area contributed by atoms with E-state index in [1.54, 1.807) is 30.3 Å². The van der Waals surface area contributed by atoms with Gasteiger partial charge in [-0.15, -0.1) is 10.2 Å². The second-order valence-corrected chi connectivity index (χ2v) is 9.93. The van der Waals surface area contributed by atoms with Crippen LogP contribution in [0.3, 0.4) is 0 Å². The predicted octanol–water partition coefficient (Wildman–Crippen LogP) is 3.05. The molecule has 1 N–H and O–H groups in total. The summed E-state index contributed by atoms with van der Waals surface area (Å²) in [5.41, 5.74) is 0.985. The number of nitrogens with zero attached hydrogens (tertiary/aromatic N) is 3. The Morgan fingerprint density at radius 2 is 1.75 bits per heavy atom. The van der Waals surface area contributed by atoms with E-state index in [1.165, 1.54) is 6.07 Å². The number of carbonyl (C=O) groups excluding carboxylic acids is 1. The highest BCUT2D eigenvalue weighted by Gasteiger charge is 2.26. The maximum absolute atomic E-state index is 12.7. The van der Waals surface area contributed by atoms with Crippen molar-refractivity contribution in [3.05, 3.63) is 65.6 Å². The van der Waals surface area contributed by atoms with E-state index >= 15 is 0 Å². The quantitative estimate of drug-likeness (QED) is 0.610. The van der Waals surface area contributed by atoms with Crippen molar-refractivity contribution in [3.8, 4) is 0 Å². The van der Waals surface area contributed by atoms with Crippen molar-refractivity contribution in [2.45, 2.75) is 43.2 Å². The lowest BCUT2D eigenvalue weighted by Crippen LogP contribution is -2.40. The molecule has 0 spiro atoms. The number of amides is 1. The lowest BCUT2D eigenvalue weighted by atomic mass is 9.96.